The van der Waals surface area contributed by atoms with Crippen molar-refractivity contribution in [2.45, 2.75) is 50.5 Å². The zero-order valence-corrected chi connectivity index (χ0v) is 18.1. The predicted octanol–water partition coefficient (Wildman–Crippen LogP) is 2.60. The molecule has 0 spiro atoms. The van der Waals surface area contributed by atoms with Gasteiger partial charge in [0.25, 0.3) is 0 Å². The largest absolute Gasteiger partial charge is 0.480 e. The number of carboxylic acids is 2. The van der Waals surface area contributed by atoms with Gasteiger partial charge in [0.1, 0.15) is 0 Å². The van der Waals surface area contributed by atoms with Crippen molar-refractivity contribution >= 4 is 35.5 Å². The highest BCUT2D eigenvalue weighted by atomic mass is 32.2. The Balaban J connectivity index is 3.93. The van der Waals surface area contributed by atoms with Crippen LogP contribution in [0, 0.1) is 5.41 Å². The van der Waals surface area contributed by atoms with E-state index in [1.807, 2.05) is 6.92 Å². The van der Waals surface area contributed by atoms with Crippen LogP contribution in [-0.4, -0.2) is 82.3 Å². The number of rotatable bonds is 18. The minimum Gasteiger partial charge on any atom is -0.480 e. The molecule has 0 saturated heterocycles. The molecule has 0 aromatic rings. The molecule has 0 bridgehead atoms. The van der Waals surface area contributed by atoms with Crippen molar-refractivity contribution in [3.05, 3.63) is 0 Å². The number of aliphatic hydroxyl groups excluding tert-OH is 1. The summed E-state index contributed by atoms with van der Waals surface area (Å²) in [5.41, 5.74) is -0.441. The van der Waals surface area contributed by atoms with Gasteiger partial charge < -0.3 is 24.8 Å². The van der Waals surface area contributed by atoms with Crippen molar-refractivity contribution in [2.24, 2.45) is 5.41 Å². The van der Waals surface area contributed by atoms with Crippen molar-refractivity contribution in [3.63, 3.8) is 0 Å². The molecular weight excluding hydrogens is 392 g/mol. The van der Waals surface area contributed by atoms with Gasteiger partial charge in [-0.1, -0.05) is 6.92 Å². The molecule has 0 radical (unpaired) electrons. The standard InChI is InChI=1S/C18H34O7S2/c1-4-18(11-19,12-24-7-5-9-26-14(2)16(20)21)13-25-8-6-10-27-15(3)17(22)23/h14-15,19H,4-13H2,1-3H3,(H,20,21)(H,22,23). The van der Waals surface area contributed by atoms with Crippen molar-refractivity contribution in [1.82, 2.24) is 0 Å². The van der Waals surface area contributed by atoms with E-state index >= 15 is 0 Å². The van der Waals surface area contributed by atoms with Crippen molar-refractivity contribution in [3.8, 4) is 0 Å². The summed E-state index contributed by atoms with van der Waals surface area (Å²) in [5, 5.41) is 26.6. The average molecular weight is 427 g/mol. The minimum absolute atomic E-state index is 0.0287. The molecule has 2 unspecified atom stereocenters. The molecule has 0 amide bonds. The maximum Gasteiger partial charge on any atom is 0.316 e. The van der Waals surface area contributed by atoms with Crippen LogP contribution in [0.4, 0.5) is 0 Å². The van der Waals surface area contributed by atoms with E-state index in [1.165, 1.54) is 23.5 Å². The Morgan fingerprint density at radius 1 is 0.926 bits per heavy atom. The van der Waals surface area contributed by atoms with E-state index in [2.05, 4.69) is 0 Å². The SMILES string of the molecule is CCC(CO)(COCCCSC(C)C(=O)O)COCCCSC(C)C(=O)O. The van der Waals surface area contributed by atoms with Crippen LogP contribution in [0.25, 0.3) is 0 Å². The summed E-state index contributed by atoms with van der Waals surface area (Å²) in [5.74, 6) is -0.179. The van der Waals surface area contributed by atoms with Crippen LogP contribution in [0.2, 0.25) is 0 Å². The van der Waals surface area contributed by atoms with Gasteiger partial charge in [0, 0.05) is 18.6 Å². The van der Waals surface area contributed by atoms with Crippen LogP contribution >= 0.6 is 23.5 Å². The molecular formula is C18H34O7S2. The van der Waals surface area contributed by atoms with Gasteiger partial charge in [0.05, 0.1) is 30.3 Å². The Morgan fingerprint density at radius 2 is 1.33 bits per heavy atom. The molecule has 0 aliphatic rings. The highest BCUT2D eigenvalue weighted by Crippen LogP contribution is 2.23. The van der Waals surface area contributed by atoms with E-state index in [-0.39, 0.29) is 6.61 Å². The van der Waals surface area contributed by atoms with Gasteiger partial charge in [-0.15, -0.1) is 23.5 Å². The van der Waals surface area contributed by atoms with Crippen LogP contribution in [0.3, 0.4) is 0 Å². The van der Waals surface area contributed by atoms with Gasteiger partial charge in [-0.2, -0.15) is 0 Å². The number of ether oxygens (including phenoxy) is 2. The molecule has 160 valence electrons. The van der Waals surface area contributed by atoms with Gasteiger partial charge in [0.15, 0.2) is 0 Å². The van der Waals surface area contributed by atoms with Crippen molar-refractivity contribution in [2.75, 3.05) is 44.5 Å². The van der Waals surface area contributed by atoms with Gasteiger partial charge >= 0.3 is 11.9 Å². The van der Waals surface area contributed by atoms with Gasteiger partial charge in [-0.05, 0) is 44.6 Å². The Morgan fingerprint density at radius 3 is 1.63 bits per heavy atom. The third-order valence-corrected chi connectivity index (χ3v) is 6.65. The van der Waals surface area contributed by atoms with E-state index in [0.29, 0.717) is 37.9 Å². The van der Waals surface area contributed by atoms with Crippen LogP contribution in [0.5, 0.6) is 0 Å². The molecule has 0 aromatic heterocycles. The number of carbonyl (C=O) groups is 2. The zero-order valence-electron chi connectivity index (χ0n) is 16.5. The number of thioether (sulfide) groups is 2. The average Bonchev–Trinajstić information content (AvgIpc) is 2.64. The molecule has 2 atom stereocenters. The Bertz CT molecular complexity index is 383. The topological polar surface area (TPSA) is 113 Å². The fourth-order valence-electron chi connectivity index (χ4n) is 2.01. The smallest absolute Gasteiger partial charge is 0.316 e. The molecule has 0 saturated carbocycles. The number of carboxylic acid groups (broad SMARTS) is 2. The molecule has 3 N–H and O–H groups in total. The molecule has 9 heteroatoms. The predicted molar refractivity (Wildman–Crippen MR) is 110 cm³/mol. The lowest BCUT2D eigenvalue weighted by Gasteiger charge is -2.30. The first-order valence-corrected chi connectivity index (χ1v) is 11.3. The highest BCUT2D eigenvalue weighted by Gasteiger charge is 2.28. The van der Waals surface area contributed by atoms with Gasteiger partial charge in [-0.25, -0.2) is 0 Å². The summed E-state index contributed by atoms with van der Waals surface area (Å²) < 4.78 is 11.4. The van der Waals surface area contributed by atoms with Crippen LogP contribution in [0.15, 0.2) is 0 Å². The van der Waals surface area contributed by atoms with Crippen LogP contribution < -0.4 is 0 Å². The third-order valence-electron chi connectivity index (χ3n) is 4.20. The molecule has 0 fully saturated rings. The zero-order chi connectivity index (χ0) is 20.7. The fourth-order valence-corrected chi connectivity index (χ4v) is 3.57. The van der Waals surface area contributed by atoms with E-state index in [9.17, 15) is 14.7 Å². The van der Waals surface area contributed by atoms with Gasteiger partial charge in [-0.3, -0.25) is 9.59 Å². The maximum absolute atomic E-state index is 10.7. The second kappa shape index (κ2) is 15.4. The van der Waals surface area contributed by atoms with Gasteiger partial charge in [0.2, 0.25) is 0 Å². The second-order valence-corrected chi connectivity index (χ2v) is 9.42. The summed E-state index contributed by atoms with van der Waals surface area (Å²) in [6, 6.07) is 0. The third kappa shape index (κ3) is 12.6. The molecule has 7 nitrogen and oxygen atoms in total. The van der Waals surface area contributed by atoms with E-state index in [1.54, 1.807) is 13.8 Å². The summed E-state index contributed by atoms with van der Waals surface area (Å²) >= 11 is 2.77. The minimum atomic E-state index is -0.806. The molecule has 0 rings (SSSR count). The van der Waals surface area contributed by atoms with Crippen LogP contribution in [0.1, 0.15) is 40.0 Å². The first-order valence-electron chi connectivity index (χ1n) is 9.23. The number of aliphatic hydroxyl groups is 1. The molecule has 0 aliphatic carbocycles. The normalized spacial score (nSPS) is 15.9. The summed E-state index contributed by atoms with van der Waals surface area (Å²) in [4.78, 5) is 21.5. The molecule has 0 aliphatic heterocycles. The second-order valence-electron chi connectivity index (χ2n) is 6.53. The van der Waals surface area contributed by atoms with Crippen molar-refractivity contribution < 1.29 is 34.4 Å². The molecule has 27 heavy (non-hydrogen) atoms. The summed E-state index contributed by atoms with van der Waals surface area (Å²) in [6.45, 7) is 7.11. The first-order chi connectivity index (χ1) is 12.8. The Hall–Kier alpha value is -0.480. The summed E-state index contributed by atoms with van der Waals surface area (Å²) in [6.07, 6.45) is 2.24. The van der Waals surface area contributed by atoms with Crippen molar-refractivity contribution in [1.29, 1.82) is 0 Å². The Labute approximate surface area is 170 Å². The molecule has 0 aromatic carbocycles. The van der Waals surface area contributed by atoms with E-state index in [0.717, 1.165) is 19.3 Å². The Kier molecular flexibility index (Phi) is 15.2. The monoisotopic (exact) mass is 426 g/mol. The lowest BCUT2D eigenvalue weighted by molar-refractivity contribution is -0.137. The lowest BCUT2D eigenvalue weighted by Crippen LogP contribution is -2.36. The molecule has 0 heterocycles. The number of hydrogen-bond acceptors (Lipinski definition) is 7. The summed E-state index contributed by atoms with van der Waals surface area (Å²) in [7, 11) is 0. The van der Waals surface area contributed by atoms with E-state index < -0.39 is 27.9 Å². The van der Waals surface area contributed by atoms with E-state index in [4.69, 9.17) is 19.7 Å². The maximum atomic E-state index is 10.7. The van der Waals surface area contributed by atoms with Crippen LogP contribution in [-0.2, 0) is 19.1 Å². The quantitative estimate of drug-likeness (QED) is 0.285. The number of hydrogen-bond donors (Lipinski definition) is 3. The fraction of sp³-hybridized carbons (Fsp3) is 0.889. The first kappa shape index (κ1) is 26.5. The lowest BCUT2D eigenvalue weighted by atomic mass is 9.88. The highest BCUT2D eigenvalue weighted by molar-refractivity contribution is 8.00. The number of aliphatic carboxylic acids is 2.